The lowest BCUT2D eigenvalue weighted by Crippen LogP contribution is -1.94. The number of hydrogen-bond donors (Lipinski definition) is 0. The van der Waals surface area contributed by atoms with Crippen molar-refractivity contribution in [3.05, 3.63) is 65.3 Å². The van der Waals surface area contributed by atoms with Gasteiger partial charge in [-0.05, 0) is 24.3 Å². The maximum Gasteiger partial charge on any atom is 0.121 e. The lowest BCUT2D eigenvalue weighted by molar-refractivity contribution is 0.307. The number of fused-ring (bicyclic) bond motifs is 1. The van der Waals surface area contributed by atoms with E-state index < -0.39 is 0 Å². The van der Waals surface area contributed by atoms with Crippen molar-refractivity contribution in [2.24, 2.45) is 7.05 Å². The standard InChI is InChI=1S/C16H14ClNO/c1-18-10-12(15-7-2-3-8-16(15)18)11-19-14-6-4-5-13(17)9-14/h2-10H,11H2,1H3. The van der Waals surface area contributed by atoms with Gasteiger partial charge in [-0.15, -0.1) is 0 Å². The highest BCUT2D eigenvalue weighted by Gasteiger charge is 2.06. The van der Waals surface area contributed by atoms with Crippen LogP contribution < -0.4 is 4.74 Å². The Morgan fingerprint density at radius 3 is 2.79 bits per heavy atom. The summed E-state index contributed by atoms with van der Waals surface area (Å²) in [6.07, 6.45) is 2.11. The number of benzene rings is 2. The molecule has 0 N–H and O–H groups in total. The Bertz CT molecular complexity index is 718. The van der Waals surface area contributed by atoms with Gasteiger partial charge in [-0.3, -0.25) is 0 Å². The summed E-state index contributed by atoms with van der Waals surface area (Å²) in [4.78, 5) is 0. The van der Waals surface area contributed by atoms with Gasteiger partial charge >= 0.3 is 0 Å². The van der Waals surface area contributed by atoms with Crippen LogP contribution in [0.25, 0.3) is 10.9 Å². The molecule has 0 aliphatic rings. The summed E-state index contributed by atoms with van der Waals surface area (Å²) in [6, 6.07) is 15.8. The smallest absolute Gasteiger partial charge is 0.121 e. The first-order chi connectivity index (χ1) is 9.24. The molecule has 0 unspecified atom stereocenters. The van der Waals surface area contributed by atoms with Crippen LogP contribution in [0, 0.1) is 0 Å². The van der Waals surface area contributed by atoms with Crippen molar-refractivity contribution in [2.75, 3.05) is 0 Å². The zero-order valence-corrected chi connectivity index (χ0v) is 11.4. The first-order valence-corrected chi connectivity index (χ1v) is 6.53. The highest BCUT2D eigenvalue weighted by atomic mass is 35.5. The first-order valence-electron chi connectivity index (χ1n) is 6.15. The molecule has 2 aromatic carbocycles. The largest absolute Gasteiger partial charge is 0.489 e. The van der Waals surface area contributed by atoms with Crippen LogP contribution in [0.1, 0.15) is 5.56 Å². The van der Waals surface area contributed by atoms with Gasteiger partial charge in [0.25, 0.3) is 0 Å². The van der Waals surface area contributed by atoms with Crippen LogP contribution in [-0.2, 0) is 13.7 Å². The Hall–Kier alpha value is -1.93. The fourth-order valence-corrected chi connectivity index (χ4v) is 2.44. The normalized spacial score (nSPS) is 10.8. The fourth-order valence-electron chi connectivity index (χ4n) is 2.26. The number of ether oxygens (including phenoxy) is 1. The summed E-state index contributed by atoms with van der Waals surface area (Å²) in [6.45, 7) is 0.543. The highest BCUT2D eigenvalue weighted by molar-refractivity contribution is 6.30. The van der Waals surface area contributed by atoms with Crippen molar-refractivity contribution in [2.45, 2.75) is 6.61 Å². The van der Waals surface area contributed by atoms with Crippen LogP contribution in [0.3, 0.4) is 0 Å². The molecule has 1 heterocycles. The summed E-state index contributed by atoms with van der Waals surface area (Å²) < 4.78 is 7.91. The van der Waals surface area contributed by atoms with Crippen molar-refractivity contribution < 1.29 is 4.74 Å². The lowest BCUT2D eigenvalue weighted by Gasteiger charge is -2.05. The minimum absolute atomic E-state index is 0.543. The molecule has 2 nitrogen and oxygen atoms in total. The average Bonchev–Trinajstić information content (AvgIpc) is 2.74. The van der Waals surface area contributed by atoms with Crippen LogP contribution >= 0.6 is 11.6 Å². The van der Waals surface area contributed by atoms with Gasteiger partial charge in [0.1, 0.15) is 12.4 Å². The quantitative estimate of drug-likeness (QED) is 0.688. The van der Waals surface area contributed by atoms with E-state index in [1.165, 1.54) is 16.5 Å². The molecule has 0 saturated heterocycles. The van der Waals surface area contributed by atoms with Gasteiger partial charge in [0, 0.05) is 34.7 Å². The van der Waals surface area contributed by atoms with Gasteiger partial charge in [-0.1, -0.05) is 35.9 Å². The van der Waals surface area contributed by atoms with E-state index in [-0.39, 0.29) is 0 Å². The van der Waals surface area contributed by atoms with E-state index in [0.29, 0.717) is 11.6 Å². The summed E-state index contributed by atoms with van der Waals surface area (Å²) >= 11 is 5.94. The molecule has 0 fully saturated rings. The van der Waals surface area contributed by atoms with Crippen molar-refractivity contribution in [1.82, 2.24) is 4.57 Å². The van der Waals surface area contributed by atoms with E-state index in [1.54, 1.807) is 0 Å². The van der Waals surface area contributed by atoms with Crippen LogP contribution in [0.4, 0.5) is 0 Å². The SMILES string of the molecule is Cn1cc(COc2cccc(Cl)c2)c2ccccc21. The molecule has 0 aliphatic carbocycles. The molecule has 1 aromatic heterocycles. The van der Waals surface area contributed by atoms with Gasteiger partial charge in [0.05, 0.1) is 0 Å². The summed E-state index contributed by atoms with van der Waals surface area (Å²) in [7, 11) is 2.05. The Labute approximate surface area is 117 Å². The summed E-state index contributed by atoms with van der Waals surface area (Å²) in [5.41, 5.74) is 2.39. The predicted molar refractivity (Wildman–Crippen MR) is 78.7 cm³/mol. The number of nitrogens with zero attached hydrogens (tertiary/aromatic N) is 1. The Morgan fingerprint density at radius 2 is 1.95 bits per heavy atom. The number of rotatable bonds is 3. The summed E-state index contributed by atoms with van der Waals surface area (Å²) in [5.74, 6) is 0.792. The van der Waals surface area contributed by atoms with Crippen LogP contribution in [0.2, 0.25) is 5.02 Å². The lowest BCUT2D eigenvalue weighted by atomic mass is 10.2. The number of aryl methyl sites for hydroxylation is 1. The molecular formula is C16H14ClNO. The van der Waals surface area contributed by atoms with E-state index in [1.807, 2.05) is 43.4 Å². The van der Waals surface area contributed by atoms with Gasteiger partial charge in [0.2, 0.25) is 0 Å². The average molecular weight is 272 g/mol. The van der Waals surface area contributed by atoms with E-state index >= 15 is 0 Å². The molecule has 3 aromatic rings. The molecule has 0 bridgehead atoms. The molecule has 96 valence electrons. The third kappa shape index (κ3) is 2.45. The van der Waals surface area contributed by atoms with Crippen LogP contribution in [-0.4, -0.2) is 4.57 Å². The molecular weight excluding hydrogens is 258 g/mol. The molecule has 0 atom stereocenters. The van der Waals surface area contributed by atoms with Crippen molar-refractivity contribution >= 4 is 22.5 Å². The predicted octanol–water partition coefficient (Wildman–Crippen LogP) is 4.41. The molecule has 0 amide bonds. The van der Waals surface area contributed by atoms with E-state index in [9.17, 15) is 0 Å². The topological polar surface area (TPSA) is 14.2 Å². The van der Waals surface area contributed by atoms with Crippen LogP contribution in [0.5, 0.6) is 5.75 Å². The van der Waals surface area contributed by atoms with E-state index in [4.69, 9.17) is 16.3 Å². The molecule has 3 heteroatoms. The molecule has 0 saturated carbocycles. The van der Waals surface area contributed by atoms with E-state index in [0.717, 1.165) is 5.75 Å². The van der Waals surface area contributed by atoms with Crippen molar-refractivity contribution in [3.8, 4) is 5.75 Å². The minimum Gasteiger partial charge on any atom is -0.489 e. The third-order valence-corrected chi connectivity index (χ3v) is 3.40. The van der Waals surface area contributed by atoms with Crippen molar-refractivity contribution in [3.63, 3.8) is 0 Å². The number of para-hydroxylation sites is 1. The number of hydrogen-bond acceptors (Lipinski definition) is 1. The summed E-state index contributed by atoms with van der Waals surface area (Å²) in [5, 5.41) is 1.92. The van der Waals surface area contributed by atoms with Gasteiger partial charge in [0.15, 0.2) is 0 Å². The molecule has 0 spiro atoms. The number of aromatic nitrogens is 1. The second kappa shape index (κ2) is 4.98. The fraction of sp³-hybridized carbons (Fsp3) is 0.125. The van der Waals surface area contributed by atoms with Gasteiger partial charge < -0.3 is 9.30 Å². The Balaban J connectivity index is 1.86. The maximum absolute atomic E-state index is 5.94. The van der Waals surface area contributed by atoms with Gasteiger partial charge in [-0.25, -0.2) is 0 Å². The highest BCUT2D eigenvalue weighted by Crippen LogP contribution is 2.23. The Morgan fingerprint density at radius 1 is 1.11 bits per heavy atom. The maximum atomic E-state index is 5.94. The monoisotopic (exact) mass is 271 g/mol. The zero-order valence-electron chi connectivity index (χ0n) is 10.6. The number of halogens is 1. The third-order valence-electron chi connectivity index (χ3n) is 3.17. The van der Waals surface area contributed by atoms with Gasteiger partial charge in [-0.2, -0.15) is 0 Å². The van der Waals surface area contributed by atoms with Crippen molar-refractivity contribution in [1.29, 1.82) is 0 Å². The zero-order chi connectivity index (χ0) is 13.2. The molecule has 3 rings (SSSR count). The molecule has 0 radical (unpaired) electrons. The Kier molecular flexibility index (Phi) is 3.18. The molecule has 0 aliphatic heterocycles. The minimum atomic E-state index is 0.543. The first kappa shape index (κ1) is 12.1. The van der Waals surface area contributed by atoms with Crippen LogP contribution in [0.15, 0.2) is 54.7 Å². The van der Waals surface area contributed by atoms with E-state index in [2.05, 4.69) is 22.9 Å². The second-order valence-electron chi connectivity index (χ2n) is 4.53. The second-order valence-corrected chi connectivity index (χ2v) is 4.96. The molecule has 19 heavy (non-hydrogen) atoms.